The van der Waals surface area contributed by atoms with Crippen LogP contribution >= 0.6 is 11.8 Å². The maximum absolute atomic E-state index is 11.1. The molecule has 0 unspecified atom stereocenters. The standard InChI is InChI=1S/C22H21N5O3S2/c1-2-5-14-12-25-17-18(26-14)16-19(24-10-9-23-16)22-20(17)27-15-8-3-6-13(21(15)31-22)7-4-11-32(28,29)30/h3,6,8-10,12,27H,2,4-5,7,11H2,1H3,(H,28,29,30). The first-order valence-corrected chi connectivity index (χ1v) is 12.8. The van der Waals surface area contributed by atoms with Crippen LogP contribution in [0.4, 0.5) is 11.4 Å². The first-order chi connectivity index (χ1) is 15.4. The summed E-state index contributed by atoms with van der Waals surface area (Å²) in [4.78, 5) is 20.7. The Balaban J connectivity index is 1.63. The van der Waals surface area contributed by atoms with Gasteiger partial charge in [0.15, 0.2) is 0 Å². The lowest BCUT2D eigenvalue weighted by molar-refractivity contribution is 0.481. The van der Waals surface area contributed by atoms with Crippen LogP contribution in [0.1, 0.15) is 31.0 Å². The highest BCUT2D eigenvalue weighted by molar-refractivity contribution is 8.00. The molecule has 3 heterocycles. The van der Waals surface area contributed by atoms with Gasteiger partial charge in [-0.1, -0.05) is 37.2 Å². The van der Waals surface area contributed by atoms with Crippen molar-refractivity contribution < 1.29 is 13.0 Å². The second-order valence-corrected chi connectivity index (χ2v) is 10.3. The van der Waals surface area contributed by atoms with Crippen molar-refractivity contribution >= 4 is 55.3 Å². The molecule has 8 nitrogen and oxygen atoms in total. The normalized spacial score (nSPS) is 13.1. The molecule has 0 aliphatic carbocycles. The minimum atomic E-state index is -3.98. The highest BCUT2D eigenvalue weighted by Crippen LogP contribution is 2.50. The highest BCUT2D eigenvalue weighted by Gasteiger charge is 2.26. The van der Waals surface area contributed by atoms with E-state index in [2.05, 4.69) is 22.2 Å². The summed E-state index contributed by atoms with van der Waals surface area (Å²) in [7, 11) is -3.98. The Labute approximate surface area is 189 Å². The molecule has 0 spiro atoms. The Morgan fingerprint density at radius 3 is 2.59 bits per heavy atom. The van der Waals surface area contributed by atoms with Crippen LogP contribution in [0, 0.1) is 0 Å². The quantitative estimate of drug-likeness (QED) is 0.274. The fraction of sp³-hybridized carbons (Fsp3) is 0.273. The average molecular weight is 468 g/mol. The summed E-state index contributed by atoms with van der Waals surface area (Å²) in [5.41, 5.74) is 6.68. The lowest BCUT2D eigenvalue weighted by Crippen LogP contribution is -2.08. The summed E-state index contributed by atoms with van der Waals surface area (Å²) in [6.45, 7) is 2.11. The number of benzene rings is 2. The molecule has 0 fully saturated rings. The molecule has 2 aromatic heterocycles. The van der Waals surface area contributed by atoms with Gasteiger partial charge in [-0.05, 0) is 30.9 Å². The second-order valence-electron chi connectivity index (χ2n) is 7.68. The maximum atomic E-state index is 11.1. The predicted molar refractivity (Wildman–Crippen MR) is 125 cm³/mol. The van der Waals surface area contributed by atoms with Crippen LogP contribution in [0.15, 0.2) is 46.6 Å². The van der Waals surface area contributed by atoms with Crippen LogP contribution in [-0.2, 0) is 23.0 Å². The fourth-order valence-electron chi connectivity index (χ4n) is 3.95. The number of rotatable bonds is 6. The Morgan fingerprint density at radius 1 is 1.00 bits per heavy atom. The van der Waals surface area contributed by atoms with E-state index >= 15 is 0 Å². The predicted octanol–water partition coefficient (Wildman–Crippen LogP) is 4.55. The summed E-state index contributed by atoms with van der Waals surface area (Å²) in [6, 6.07) is 5.91. The molecule has 2 N–H and O–H groups in total. The molecule has 0 bridgehead atoms. The molecule has 0 amide bonds. The number of anilines is 2. The van der Waals surface area contributed by atoms with Crippen molar-refractivity contribution in [2.45, 2.75) is 42.4 Å². The maximum Gasteiger partial charge on any atom is 0.264 e. The zero-order chi connectivity index (χ0) is 22.3. The summed E-state index contributed by atoms with van der Waals surface area (Å²) < 4.78 is 31.3. The zero-order valence-electron chi connectivity index (χ0n) is 17.4. The largest absolute Gasteiger partial charge is 0.352 e. The van der Waals surface area contributed by atoms with Crippen molar-refractivity contribution in [3.63, 3.8) is 0 Å². The van der Waals surface area contributed by atoms with E-state index in [9.17, 15) is 8.42 Å². The summed E-state index contributed by atoms with van der Waals surface area (Å²) in [5.74, 6) is -0.264. The third kappa shape index (κ3) is 3.89. The van der Waals surface area contributed by atoms with Gasteiger partial charge in [-0.25, -0.2) is 4.98 Å². The molecule has 4 aromatic rings. The molecule has 164 valence electrons. The Kier molecular flexibility index (Phi) is 5.44. The van der Waals surface area contributed by atoms with E-state index in [1.165, 1.54) is 0 Å². The number of aryl methyl sites for hydroxylation is 2. The van der Waals surface area contributed by atoms with Gasteiger partial charge in [-0.2, -0.15) is 8.42 Å². The number of nitrogens with one attached hydrogen (secondary N) is 1. The smallest absolute Gasteiger partial charge is 0.264 e. The third-order valence-electron chi connectivity index (χ3n) is 5.34. The third-order valence-corrected chi connectivity index (χ3v) is 7.43. The van der Waals surface area contributed by atoms with Gasteiger partial charge in [0.2, 0.25) is 0 Å². The van der Waals surface area contributed by atoms with E-state index in [0.29, 0.717) is 18.4 Å². The second kappa shape index (κ2) is 8.27. The van der Waals surface area contributed by atoms with E-state index in [-0.39, 0.29) is 5.75 Å². The minimum Gasteiger partial charge on any atom is -0.352 e. The first kappa shape index (κ1) is 21.0. The van der Waals surface area contributed by atoms with Crippen molar-refractivity contribution in [2.75, 3.05) is 11.1 Å². The average Bonchev–Trinajstić information content (AvgIpc) is 2.78. The fourth-order valence-corrected chi connectivity index (χ4v) is 5.69. The van der Waals surface area contributed by atoms with E-state index in [1.807, 2.05) is 24.4 Å². The van der Waals surface area contributed by atoms with Crippen molar-refractivity contribution in [1.29, 1.82) is 0 Å². The number of hydrogen-bond acceptors (Lipinski definition) is 8. The Morgan fingerprint density at radius 2 is 1.81 bits per heavy atom. The molecule has 5 rings (SSSR count). The van der Waals surface area contributed by atoms with Crippen molar-refractivity contribution in [3.05, 3.63) is 48.0 Å². The Hall–Kier alpha value is -2.82. The van der Waals surface area contributed by atoms with E-state index in [0.717, 1.165) is 61.8 Å². The van der Waals surface area contributed by atoms with Gasteiger partial charge in [0.25, 0.3) is 10.1 Å². The van der Waals surface area contributed by atoms with Gasteiger partial charge in [-0.3, -0.25) is 19.5 Å². The lowest BCUT2D eigenvalue weighted by atomic mass is 10.1. The van der Waals surface area contributed by atoms with Crippen LogP contribution in [0.5, 0.6) is 0 Å². The molecule has 10 heteroatoms. The summed E-state index contributed by atoms with van der Waals surface area (Å²) in [5, 5.41) is 3.52. The Bertz CT molecular complexity index is 1460. The van der Waals surface area contributed by atoms with Crippen LogP contribution in [0.3, 0.4) is 0 Å². The summed E-state index contributed by atoms with van der Waals surface area (Å²) in [6.07, 6.45) is 7.86. The molecular weight excluding hydrogens is 446 g/mol. The molecule has 0 saturated carbocycles. The van der Waals surface area contributed by atoms with Crippen LogP contribution in [0.25, 0.3) is 22.1 Å². The number of fused-ring (bicyclic) bond motifs is 7. The van der Waals surface area contributed by atoms with Gasteiger partial charge in [0.05, 0.1) is 27.7 Å². The first-order valence-electron chi connectivity index (χ1n) is 10.4. The van der Waals surface area contributed by atoms with Crippen LogP contribution < -0.4 is 5.32 Å². The minimum absolute atomic E-state index is 0.264. The van der Waals surface area contributed by atoms with E-state index in [4.69, 9.17) is 14.5 Å². The zero-order valence-corrected chi connectivity index (χ0v) is 19.0. The number of nitrogens with zero attached hydrogens (tertiary/aromatic N) is 4. The SMILES string of the molecule is CCCc1cnc2c3c(c4nccnc4c2n1)Sc1c(CCCS(=O)(=O)O)cccc1N3. The van der Waals surface area contributed by atoms with Gasteiger partial charge in [0.1, 0.15) is 22.1 Å². The lowest BCUT2D eigenvalue weighted by Gasteiger charge is -2.25. The molecule has 0 atom stereocenters. The molecule has 1 aliphatic rings. The van der Waals surface area contributed by atoms with Crippen molar-refractivity contribution in [1.82, 2.24) is 19.9 Å². The molecule has 2 aromatic carbocycles. The van der Waals surface area contributed by atoms with Gasteiger partial charge < -0.3 is 5.32 Å². The van der Waals surface area contributed by atoms with Crippen molar-refractivity contribution in [2.24, 2.45) is 0 Å². The van der Waals surface area contributed by atoms with E-state index in [1.54, 1.807) is 24.2 Å². The van der Waals surface area contributed by atoms with Crippen molar-refractivity contribution in [3.8, 4) is 0 Å². The topological polar surface area (TPSA) is 118 Å². The molecule has 0 saturated heterocycles. The van der Waals surface area contributed by atoms with Crippen LogP contribution in [0.2, 0.25) is 0 Å². The molecule has 1 aliphatic heterocycles. The van der Waals surface area contributed by atoms with E-state index < -0.39 is 10.1 Å². The number of aromatic nitrogens is 4. The molecule has 0 radical (unpaired) electrons. The molecule has 32 heavy (non-hydrogen) atoms. The van der Waals surface area contributed by atoms with Gasteiger partial charge in [0, 0.05) is 23.5 Å². The highest BCUT2D eigenvalue weighted by atomic mass is 32.2. The molecular formula is C22H21N5O3S2. The van der Waals surface area contributed by atoms with Crippen LogP contribution in [-0.4, -0.2) is 38.7 Å². The number of hydrogen-bond donors (Lipinski definition) is 2. The van der Waals surface area contributed by atoms with Gasteiger partial charge in [-0.15, -0.1) is 0 Å². The monoisotopic (exact) mass is 467 g/mol. The van der Waals surface area contributed by atoms with Gasteiger partial charge >= 0.3 is 0 Å². The summed E-state index contributed by atoms with van der Waals surface area (Å²) >= 11 is 1.58.